The van der Waals surface area contributed by atoms with E-state index in [4.69, 9.17) is 0 Å². The van der Waals surface area contributed by atoms with E-state index in [1.807, 2.05) is 32.3 Å². The van der Waals surface area contributed by atoms with E-state index in [0.29, 0.717) is 0 Å². The first-order chi connectivity index (χ1) is 8.74. The summed E-state index contributed by atoms with van der Waals surface area (Å²) < 4.78 is 0. The summed E-state index contributed by atoms with van der Waals surface area (Å²) in [5, 5.41) is 3.09. The molecule has 0 aliphatic heterocycles. The lowest BCUT2D eigenvalue weighted by molar-refractivity contribution is 0.875. The highest BCUT2D eigenvalue weighted by molar-refractivity contribution is 5.60. The summed E-state index contributed by atoms with van der Waals surface area (Å²) >= 11 is 0. The number of nitrogens with zero attached hydrogens (tertiary/aromatic N) is 3. The smallest absolute Gasteiger partial charge is 0.162 e. The molecule has 0 radical (unpaired) electrons. The lowest BCUT2D eigenvalue weighted by Gasteiger charge is -2.08. The fraction of sp³-hybridized carbons (Fsp3) is 0.357. The van der Waals surface area contributed by atoms with Crippen LogP contribution in [0.25, 0.3) is 11.4 Å². The lowest BCUT2D eigenvalue weighted by atomic mass is 10.1. The van der Waals surface area contributed by atoms with Gasteiger partial charge in [0.2, 0.25) is 0 Å². The Balaban J connectivity index is 2.50. The molecule has 4 nitrogen and oxygen atoms in total. The van der Waals surface area contributed by atoms with Gasteiger partial charge in [-0.25, -0.2) is 9.97 Å². The molecule has 2 heterocycles. The van der Waals surface area contributed by atoms with Gasteiger partial charge in [-0.15, -0.1) is 0 Å². The number of hydrogen-bond acceptors (Lipinski definition) is 4. The highest BCUT2D eigenvalue weighted by Crippen LogP contribution is 2.21. The van der Waals surface area contributed by atoms with Crippen molar-refractivity contribution in [3.8, 4) is 11.4 Å². The van der Waals surface area contributed by atoms with Gasteiger partial charge in [-0.1, -0.05) is 13.3 Å². The van der Waals surface area contributed by atoms with Crippen molar-refractivity contribution in [3.05, 3.63) is 35.8 Å². The van der Waals surface area contributed by atoms with E-state index in [2.05, 4.69) is 27.2 Å². The zero-order valence-corrected chi connectivity index (χ0v) is 11.1. The molecular formula is C14H18N4. The molecule has 0 amide bonds. The molecule has 2 aromatic rings. The molecular weight excluding hydrogens is 224 g/mol. The van der Waals surface area contributed by atoms with E-state index in [0.717, 1.165) is 41.3 Å². The molecule has 0 fully saturated rings. The van der Waals surface area contributed by atoms with E-state index in [-0.39, 0.29) is 0 Å². The molecule has 18 heavy (non-hydrogen) atoms. The third kappa shape index (κ3) is 2.64. The second-order valence-corrected chi connectivity index (χ2v) is 4.26. The highest BCUT2D eigenvalue weighted by Gasteiger charge is 2.08. The van der Waals surface area contributed by atoms with Crippen LogP contribution in [-0.4, -0.2) is 22.0 Å². The molecule has 0 saturated carbocycles. The Morgan fingerprint density at radius 3 is 2.78 bits per heavy atom. The molecule has 0 saturated heterocycles. The summed E-state index contributed by atoms with van der Waals surface area (Å²) in [5.41, 5.74) is 3.20. The van der Waals surface area contributed by atoms with Crippen LogP contribution < -0.4 is 5.32 Å². The molecule has 2 rings (SSSR count). The maximum absolute atomic E-state index is 4.62. The molecule has 0 unspecified atom stereocenters. The number of pyridine rings is 1. The Labute approximate surface area is 108 Å². The quantitative estimate of drug-likeness (QED) is 0.895. The van der Waals surface area contributed by atoms with Gasteiger partial charge in [0.15, 0.2) is 5.82 Å². The van der Waals surface area contributed by atoms with Gasteiger partial charge in [0.05, 0.1) is 0 Å². The third-order valence-electron chi connectivity index (χ3n) is 2.80. The fourth-order valence-electron chi connectivity index (χ4n) is 1.85. The molecule has 4 heteroatoms. The van der Waals surface area contributed by atoms with Crippen molar-refractivity contribution in [1.29, 1.82) is 0 Å². The van der Waals surface area contributed by atoms with Crippen LogP contribution in [0, 0.1) is 6.92 Å². The number of hydrogen-bond donors (Lipinski definition) is 1. The van der Waals surface area contributed by atoms with Crippen molar-refractivity contribution in [2.45, 2.75) is 26.7 Å². The minimum absolute atomic E-state index is 0.769. The van der Waals surface area contributed by atoms with Crippen LogP contribution in [0.1, 0.15) is 24.6 Å². The first-order valence-electron chi connectivity index (χ1n) is 6.21. The summed E-state index contributed by atoms with van der Waals surface area (Å²) in [6, 6.07) is 3.96. The van der Waals surface area contributed by atoms with Gasteiger partial charge < -0.3 is 5.32 Å². The van der Waals surface area contributed by atoms with Crippen LogP contribution in [0.2, 0.25) is 0 Å². The Morgan fingerprint density at radius 1 is 1.28 bits per heavy atom. The molecule has 94 valence electrons. The van der Waals surface area contributed by atoms with Crippen LogP contribution >= 0.6 is 0 Å². The van der Waals surface area contributed by atoms with Crippen LogP contribution in [-0.2, 0) is 6.42 Å². The summed E-state index contributed by atoms with van der Waals surface area (Å²) in [5.74, 6) is 1.63. The number of aryl methyl sites for hydroxylation is 2. The molecule has 0 aliphatic carbocycles. The van der Waals surface area contributed by atoms with E-state index in [9.17, 15) is 0 Å². The largest absolute Gasteiger partial charge is 0.373 e. The molecule has 2 aromatic heterocycles. The predicted octanol–water partition coefficient (Wildman–Crippen LogP) is 2.84. The summed E-state index contributed by atoms with van der Waals surface area (Å²) in [7, 11) is 1.88. The van der Waals surface area contributed by atoms with Gasteiger partial charge in [-0.3, -0.25) is 4.98 Å². The predicted molar refractivity (Wildman–Crippen MR) is 73.5 cm³/mol. The molecule has 0 aliphatic rings. The maximum Gasteiger partial charge on any atom is 0.162 e. The Morgan fingerprint density at radius 2 is 2.11 bits per heavy atom. The minimum Gasteiger partial charge on any atom is -0.373 e. The second kappa shape index (κ2) is 5.58. The third-order valence-corrected chi connectivity index (χ3v) is 2.80. The summed E-state index contributed by atoms with van der Waals surface area (Å²) in [6.07, 6.45) is 5.66. The average molecular weight is 242 g/mol. The van der Waals surface area contributed by atoms with Gasteiger partial charge in [0.1, 0.15) is 5.82 Å². The zero-order chi connectivity index (χ0) is 13.0. The van der Waals surface area contributed by atoms with Crippen molar-refractivity contribution in [2.75, 3.05) is 12.4 Å². The fourth-order valence-corrected chi connectivity index (χ4v) is 1.85. The lowest BCUT2D eigenvalue weighted by Crippen LogP contribution is -2.01. The van der Waals surface area contributed by atoms with Crippen LogP contribution in [0.4, 0.5) is 5.82 Å². The Bertz CT molecular complexity index is 537. The molecule has 1 N–H and O–H groups in total. The van der Waals surface area contributed by atoms with Crippen molar-refractivity contribution >= 4 is 5.82 Å². The highest BCUT2D eigenvalue weighted by atomic mass is 15.0. The van der Waals surface area contributed by atoms with Gasteiger partial charge in [-0.2, -0.15) is 0 Å². The van der Waals surface area contributed by atoms with Crippen molar-refractivity contribution in [1.82, 2.24) is 15.0 Å². The van der Waals surface area contributed by atoms with Gasteiger partial charge in [0, 0.05) is 36.8 Å². The van der Waals surface area contributed by atoms with Crippen LogP contribution in [0.3, 0.4) is 0 Å². The van der Waals surface area contributed by atoms with Gasteiger partial charge in [0.25, 0.3) is 0 Å². The molecule has 0 atom stereocenters. The normalized spacial score (nSPS) is 10.4. The SMILES string of the molecule is CCCc1cc(NC)nc(-c2ccncc2C)n1. The number of aromatic nitrogens is 3. The van der Waals surface area contributed by atoms with Gasteiger partial charge in [-0.05, 0) is 25.0 Å². The van der Waals surface area contributed by atoms with Crippen molar-refractivity contribution in [3.63, 3.8) is 0 Å². The standard InChI is InChI=1S/C14H18N4/c1-4-5-11-8-13(15-3)18-14(17-11)12-6-7-16-9-10(12)2/h6-9H,4-5H2,1-3H3,(H,15,17,18). The monoisotopic (exact) mass is 242 g/mol. The first kappa shape index (κ1) is 12.5. The average Bonchev–Trinajstić information content (AvgIpc) is 2.39. The van der Waals surface area contributed by atoms with E-state index in [1.165, 1.54) is 0 Å². The van der Waals surface area contributed by atoms with Crippen molar-refractivity contribution in [2.24, 2.45) is 0 Å². The Kier molecular flexibility index (Phi) is 3.87. The zero-order valence-electron chi connectivity index (χ0n) is 11.1. The van der Waals surface area contributed by atoms with Crippen molar-refractivity contribution < 1.29 is 0 Å². The summed E-state index contributed by atoms with van der Waals surface area (Å²) in [6.45, 7) is 4.18. The topological polar surface area (TPSA) is 50.7 Å². The molecule has 0 spiro atoms. The number of nitrogens with one attached hydrogen (secondary N) is 1. The van der Waals surface area contributed by atoms with E-state index < -0.39 is 0 Å². The van der Waals surface area contributed by atoms with Crippen LogP contribution in [0.5, 0.6) is 0 Å². The second-order valence-electron chi connectivity index (χ2n) is 4.26. The van der Waals surface area contributed by atoms with Crippen LogP contribution in [0.15, 0.2) is 24.5 Å². The maximum atomic E-state index is 4.62. The van der Waals surface area contributed by atoms with E-state index in [1.54, 1.807) is 6.20 Å². The molecule has 0 bridgehead atoms. The number of anilines is 1. The van der Waals surface area contributed by atoms with Gasteiger partial charge >= 0.3 is 0 Å². The number of rotatable bonds is 4. The molecule has 0 aromatic carbocycles. The summed E-state index contributed by atoms with van der Waals surface area (Å²) in [4.78, 5) is 13.2. The first-order valence-corrected chi connectivity index (χ1v) is 6.21. The van der Waals surface area contributed by atoms with E-state index >= 15 is 0 Å². The minimum atomic E-state index is 0.769. The Hall–Kier alpha value is -1.97.